The molecule has 1 aromatic rings. The van der Waals surface area contributed by atoms with Crippen molar-refractivity contribution < 1.29 is 23.6 Å². The molecular formula is C21H35NO5Si. The second-order valence-corrected chi connectivity index (χ2v) is 13.8. The fraction of sp³-hybridized carbons (Fsp3) is 0.667. The standard InChI is InChI=1S/C21H35NO5Si/c1-20(2,3)28(7,8)27-22-18(14-19(23)24-5)17(15-21(4,25-6)26-22)16-12-10-9-11-13-16/h9-13,17-18H,14-15H2,1-8H3/t17-,18+,21-/m1/s1. The van der Waals surface area contributed by atoms with Gasteiger partial charge in [0.15, 0.2) is 5.79 Å². The minimum Gasteiger partial charge on any atom is -0.469 e. The third kappa shape index (κ3) is 5.21. The summed E-state index contributed by atoms with van der Waals surface area (Å²) in [5.74, 6) is -1.15. The lowest BCUT2D eigenvalue weighted by atomic mass is 9.83. The third-order valence-electron chi connectivity index (χ3n) is 6.00. The van der Waals surface area contributed by atoms with Crippen LogP contribution >= 0.6 is 0 Å². The van der Waals surface area contributed by atoms with Gasteiger partial charge in [-0.25, -0.2) is 4.84 Å². The molecule has 6 nitrogen and oxygen atoms in total. The van der Waals surface area contributed by atoms with Crippen LogP contribution in [0.25, 0.3) is 0 Å². The van der Waals surface area contributed by atoms with Gasteiger partial charge >= 0.3 is 5.97 Å². The third-order valence-corrected chi connectivity index (χ3v) is 10.2. The summed E-state index contributed by atoms with van der Waals surface area (Å²) in [4.78, 5) is 18.4. The zero-order chi connectivity index (χ0) is 21.2. The van der Waals surface area contributed by atoms with Crippen LogP contribution < -0.4 is 0 Å². The summed E-state index contributed by atoms with van der Waals surface area (Å²) in [6.07, 6.45) is 0.775. The van der Waals surface area contributed by atoms with E-state index in [1.807, 2.05) is 25.1 Å². The molecule has 0 spiro atoms. The zero-order valence-electron chi connectivity index (χ0n) is 18.4. The van der Waals surface area contributed by atoms with Gasteiger partial charge < -0.3 is 14.0 Å². The second kappa shape index (κ2) is 8.63. The number of hydrogen-bond acceptors (Lipinski definition) is 6. The Morgan fingerprint density at radius 3 is 2.36 bits per heavy atom. The van der Waals surface area contributed by atoms with Crippen LogP contribution in [0.4, 0.5) is 0 Å². The molecule has 1 aromatic carbocycles. The minimum atomic E-state index is -2.21. The van der Waals surface area contributed by atoms with Crippen LogP contribution in [0.15, 0.2) is 30.3 Å². The maximum absolute atomic E-state index is 12.2. The first-order valence-corrected chi connectivity index (χ1v) is 12.7. The van der Waals surface area contributed by atoms with Crippen molar-refractivity contribution in [1.82, 2.24) is 5.23 Å². The zero-order valence-corrected chi connectivity index (χ0v) is 19.4. The Balaban J connectivity index is 2.46. The van der Waals surface area contributed by atoms with Gasteiger partial charge in [-0.3, -0.25) is 4.79 Å². The number of hydrogen-bond donors (Lipinski definition) is 0. The molecule has 1 heterocycles. The van der Waals surface area contributed by atoms with Gasteiger partial charge in [-0.05, 0) is 30.6 Å². The summed E-state index contributed by atoms with van der Waals surface area (Å²) in [6, 6.07) is 9.82. The molecule has 0 radical (unpaired) electrons. The summed E-state index contributed by atoms with van der Waals surface area (Å²) in [5, 5.41) is 1.52. The largest absolute Gasteiger partial charge is 0.469 e. The Bertz CT molecular complexity index is 661. The molecule has 0 aliphatic carbocycles. The van der Waals surface area contributed by atoms with E-state index in [1.54, 1.807) is 12.3 Å². The van der Waals surface area contributed by atoms with Crippen molar-refractivity contribution in [3.8, 4) is 0 Å². The van der Waals surface area contributed by atoms with Crippen LogP contribution in [0, 0.1) is 0 Å². The fourth-order valence-corrected chi connectivity index (χ4v) is 3.95. The van der Waals surface area contributed by atoms with Crippen LogP contribution in [-0.4, -0.2) is 45.6 Å². The first kappa shape index (κ1) is 23.0. The lowest BCUT2D eigenvalue weighted by Crippen LogP contribution is -2.58. The van der Waals surface area contributed by atoms with Crippen LogP contribution in [0.2, 0.25) is 18.1 Å². The number of carbonyl (C=O) groups excluding carboxylic acids is 1. The SMILES string of the molecule is COC(=O)C[C@H]1[C@@H](c2ccccc2)C[C@](C)(OC)ON1O[Si](C)(C)C(C)(C)C. The summed E-state index contributed by atoms with van der Waals surface area (Å²) >= 11 is 0. The minimum absolute atomic E-state index is 0.0104. The van der Waals surface area contributed by atoms with Crippen LogP contribution in [-0.2, 0) is 23.6 Å². The van der Waals surface area contributed by atoms with E-state index >= 15 is 0 Å². The molecule has 3 atom stereocenters. The van der Waals surface area contributed by atoms with E-state index in [-0.39, 0.29) is 29.4 Å². The van der Waals surface area contributed by atoms with Crippen molar-refractivity contribution in [2.45, 2.75) is 76.4 Å². The number of nitrogens with zero attached hydrogens (tertiary/aromatic N) is 1. The van der Waals surface area contributed by atoms with Gasteiger partial charge in [0.2, 0.25) is 8.32 Å². The van der Waals surface area contributed by atoms with Crippen molar-refractivity contribution in [3.05, 3.63) is 35.9 Å². The normalized spacial score (nSPS) is 26.9. The maximum atomic E-state index is 12.2. The second-order valence-electron chi connectivity index (χ2n) is 9.14. The van der Waals surface area contributed by atoms with E-state index in [9.17, 15) is 4.79 Å². The molecule has 1 aliphatic rings. The van der Waals surface area contributed by atoms with Gasteiger partial charge in [-0.15, -0.1) is 0 Å². The van der Waals surface area contributed by atoms with Gasteiger partial charge in [0.1, 0.15) is 0 Å². The maximum Gasteiger partial charge on any atom is 0.307 e. The van der Waals surface area contributed by atoms with E-state index < -0.39 is 14.1 Å². The molecule has 7 heteroatoms. The lowest BCUT2D eigenvalue weighted by Gasteiger charge is -2.50. The van der Waals surface area contributed by atoms with E-state index in [0.717, 1.165) is 5.56 Å². The Morgan fingerprint density at radius 2 is 1.86 bits per heavy atom. The fourth-order valence-electron chi connectivity index (χ4n) is 3.06. The predicted octanol–water partition coefficient (Wildman–Crippen LogP) is 4.64. The van der Waals surface area contributed by atoms with Gasteiger partial charge in [-0.2, -0.15) is 0 Å². The van der Waals surface area contributed by atoms with Crippen molar-refractivity contribution in [3.63, 3.8) is 0 Å². The first-order chi connectivity index (χ1) is 12.9. The highest BCUT2D eigenvalue weighted by atomic mass is 28.4. The van der Waals surface area contributed by atoms with E-state index in [2.05, 4.69) is 46.0 Å². The quantitative estimate of drug-likeness (QED) is 0.504. The summed E-state index contributed by atoms with van der Waals surface area (Å²) in [5.41, 5.74) is 1.12. The monoisotopic (exact) mass is 409 g/mol. The number of methoxy groups -OCH3 is 2. The molecule has 0 N–H and O–H groups in total. The van der Waals surface area contributed by atoms with Crippen molar-refractivity contribution in [1.29, 1.82) is 0 Å². The molecular weight excluding hydrogens is 374 g/mol. The number of benzene rings is 1. The number of ether oxygens (including phenoxy) is 2. The molecule has 2 rings (SSSR count). The molecule has 0 amide bonds. The van der Waals surface area contributed by atoms with E-state index in [1.165, 1.54) is 7.11 Å². The Hall–Kier alpha value is -1.25. The van der Waals surface area contributed by atoms with Gasteiger partial charge in [0, 0.05) is 19.4 Å². The number of hydroxylamine groups is 2. The average molecular weight is 410 g/mol. The highest BCUT2D eigenvalue weighted by Crippen LogP contribution is 2.44. The van der Waals surface area contributed by atoms with Gasteiger partial charge in [0.05, 0.1) is 19.6 Å². The lowest BCUT2D eigenvalue weighted by molar-refractivity contribution is -0.459. The predicted molar refractivity (Wildman–Crippen MR) is 111 cm³/mol. The molecule has 1 fully saturated rings. The molecule has 28 heavy (non-hydrogen) atoms. The van der Waals surface area contributed by atoms with Gasteiger partial charge in [-0.1, -0.05) is 56.3 Å². The summed E-state index contributed by atoms with van der Waals surface area (Å²) in [6.45, 7) is 12.7. The van der Waals surface area contributed by atoms with E-state index in [0.29, 0.717) is 6.42 Å². The Kier molecular flexibility index (Phi) is 7.10. The van der Waals surface area contributed by atoms with E-state index in [4.69, 9.17) is 18.8 Å². The average Bonchev–Trinajstić information content (AvgIpc) is 2.63. The summed E-state index contributed by atoms with van der Waals surface area (Å²) < 4.78 is 17.2. The van der Waals surface area contributed by atoms with Crippen molar-refractivity contribution in [2.24, 2.45) is 0 Å². The topological polar surface area (TPSA) is 57.2 Å². The first-order valence-electron chi connectivity index (χ1n) is 9.77. The van der Waals surface area contributed by atoms with Crippen LogP contribution in [0.1, 0.15) is 52.0 Å². The molecule has 0 saturated carbocycles. The number of carbonyl (C=O) groups is 1. The highest BCUT2D eigenvalue weighted by Gasteiger charge is 2.50. The molecule has 0 unspecified atom stereocenters. The smallest absolute Gasteiger partial charge is 0.307 e. The highest BCUT2D eigenvalue weighted by molar-refractivity contribution is 6.74. The van der Waals surface area contributed by atoms with Crippen molar-refractivity contribution >= 4 is 14.3 Å². The van der Waals surface area contributed by atoms with Gasteiger partial charge in [0.25, 0.3) is 0 Å². The Morgan fingerprint density at radius 1 is 1.25 bits per heavy atom. The molecule has 1 aliphatic heterocycles. The van der Waals surface area contributed by atoms with Crippen molar-refractivity contribution in [2.75, 3.05) is 14.2 Å². The molecule has 0 bridgehead atoms. The van der Waals surface area contributed by atoms with Crippen LogP contribution in [0.3, 0.4) is 0 Å². The summed E-state index contributed by atoms with van der Waals surface area (Å²) in [7, 11) is 0.829. The molecule has 158 valence electrons. The van der Waals surface area contributed by atoms with Crippen LogP contribution in [0.5, 0.6) is 0 Å². The Labute approximate surface area is 170 Å². The number of rotatable bonds is 6. The number of esters is 1. The molecule has 1 saturated heterocycles. The molecule has 0 aromatic heterocycles.